The van der Waals surface area contributed by atoms with E-state index in [4.69, 9.17) is 9.47 Å². The molecule has 1 aromatic rings. The molecule has 3 rings (SSSR count). The highest BCUT2D eigenvalue weighted by atomic mass is 127. The molecule has 0 fully saturated rings. The van der Waals surface area contributed by atoms with Gasteiger partial charge in [-0.25, -0.2) is 9.56 Å². The van der Waals surface area contributed by atoms with Crippen LogP contribution in [0.2, 0.25) is 0 Å². The maximum Gasteiger partial charge on any atom is 0.418 e. The lowest BCUT2D eigenvalue weighted by Crippen LogP contribution is -3.00. The van der Waals surface area contributed by atoms with Crippen LogP contribution in [0, 0.1) is 0 Å². The van der Waals surface area contributed by atoms with Gasteiger partial charge in [-0.3, -0.25) is 0 Å². The number of rotatable bonds is 7. The minimum absolute atomic E-state index is 0. The van der Waals surface area contributed by atoms with Crippen LogP contribution < -0.4 is 38.8 Å². The Hall–Kier alpha value is -1.50. The molecule has 0 saturated heterocycles. The van der Waals surface area contributed by atoms with Crippen molar-refractivity contribution in [2.75, 3.05) is 59.5 Å². The van der Waals surface area contributed by atoms with E-state index in [-0.39, 0.29) is 29.5 Å². The number of alkyl halides is 3. The molecule has 1 aliphatic carbocycles. The van der Waals surface area contributed by atoms with E-state index in [9.17, 15) is 13.2 Å². The predicted molar refractivity (Wildman–Crippen MR) is 114 cm³/mol. The SMILES string of the molecule is COCCN(CCOC)c1cc(C(F)(F)F)c2nc3ccc(=[N+](C)C)cc-3sc2c1.[I-]. The second-order valence-electron chi connectivity index (χ2n) is 7.07. The average Bonchev–Trinajstić information content (AvgIpc) is 2.70. The first kappa shape index (κ1) is 25.8. The fourth-order valence-electron chi connectivity index (χ4n) is 3.15. The summed E-state index contributed by atoms with van der Waals surface area (Å²) in [5.41, 5.74) is 0.265. The van der Waals surface area contributed by atoms with E-state index in [0.29, 0.717) is 42.4 Å². The van der Waals surface area contributed by atoms with Crippen LogP contribution in [0.3, 0.4) is 0 Å². The number of ether oxygens (including phenoxy) is 2. The van der Waals surface area contributed by atoms with Gasteiger partial charge in [0.25, 0.3) is 0 Å². The summed E-state index contributed by atoms with van der Waals surface area (Å²) >= 11 is 1.31. The highest BCUT2D eigenvalue weighted by Crippen LogP contribution is 2.40. The summed E-state index contributed by atoms with van der Waals surface area (Å²) in [7, 11) is 6.97. The van der Waals surface area contributed by atoms with Crippen LogP contribution in [0.25, 0.3) is 20.8 Å². The van der Waals surface area contributed by atoms with Crippen molar-refractivity contribution in [1.29, 1.82) is 0 Å². The number of fused-ring (bicyclic) bond motifs is 2. The van der Waals surface area contributed by atoms with Gasteiger partial charge in [-0.2, -0.15) is 13.2 Å². The molecule has 1 aromatic carbocycles. The predicted octanol–water partition coefficient (Wildman–Crippen LogP) is 0.555. The van der Waals surface area contributed by atoms with Crippen molar-refractivity contribution in [2.45, 2.75) is 6.18 Å². The maximum atomic E-state index is 13.9. The number of halogens is 4. The van der Waals surface area contributed by atoms with Crippen LogP contribution in [0.15, 0.2) is 30.3 Å². The summed E-state index contributed by atoms with van der Waals surface area (Å²) in [6.07, 6.45) is -4.51. The molecule has 0 radical (unpaired) electrons. The van der Waals surface area contributed by atoms with Crippen LogP contribution in [0.5, 0.6) is 0 Å². The lowest BCUT2D eigenvalue weighted by atomic mass is 10.1. The first-order valence-electron chi connectivity index (χ1n) is 9.43. The molecular formula is C21H25F3IN3O2S. The molecule has 0 atom stereocenters. The van der Waals surface area contributed by atoms with E-state index in [0.717, 1.165) is 10.2 Å². The molecule has 0 unspecified atom stereocenters. The molecule has 10 heteroatoms. The van der Waals surface area contributed by atoms with Crippen molar-refractivity contribution < 1.29 is 46.6 Å². The Labute approximate surface area is 200 Å². The highest BCUT2D eigenvalue weighted by Gasteiger charge is 2.35. The first-order chi connectivity index (χ1) is 14.2. The van der Waals surface area contributed by atoms with Crippen LogP contribution in [0.1, 0.15) is 5.56 Å². The Morgan fingerprint density at radius 2 is 1.68 bits per heavy atom. The zero-order valence-corrected chi connectivity index (χ0v) is 20.8. The minimum atomic E-state index is -4.51. The van der Waals surface area contributed by atoms with Crippen LogP contribution in [-0.2, 0) is 15.7 Å². The molecule has 0 spiro atoms. The number of anilines is 1. The van der Waals surface area contributed by atoms with E-state index in [2.05, 4.69) is 4.98 Å². The lowest BCUT2D eigenvalue weighted by Gasteiger charge is -2.26. The number of aromatic nitrogens is 1. The molecule has 0 N–H and O–H groups in total. The van der Waals surface area contributed by atoms with Gasteiger partial charge < -0.3 is 38.4 Å². The van der Waals surface area contributed by atoms with Gasteiger partial charge in [0.05, 0.1) is 39.6 Å². The summed E-state index contributed by atoms with van der Waals surface area (Å²) in [4.78, 5) is 7.05. The third kappa shape index (κ3) is 6.05. The molecule has 0 saturated carbocycles. The lowest BCUT2D eigenvalue weighted by molar-refractivity contribution is -0.136. The summed E-state index contributed by atoms with van der Waals surface area (Å²) in [5.74, 6) is 0. The van der Waals surface area contributed by atoms with Gasteiger partial charge in [-0.05, 0) is 18.2 Å². The van der Waals surface area contributed by atoms with Crippen molar-refractivity contribution >= 4 is 27.2 Å². The fraction of sp³-hybridized carbons (Fsp3) is 0.429. The van der Waals surface area contributed by atoms with Crippen LogP contribution in [0.4, 0.5) is 18.9 Å². The average molecular weight is 567 g/mol. The molecule has 31 heavy (non-hydrogen) atoms. The van der Waals surface area contributed by atoms with Crippen molar-refractivity contribution in [1.82, 2.24) is 9.56 Å². The number of hydrogen-bond donors (Lipinski definition) is 0. The number of hydrogen-bond acceptors (Lipinski definition) is 5. The Morgan fingerprint density at radius 3 is 2.23 bits per heavy atom. The van der Waals surface area contributed by atoms with Gasteiger partial charge in [0.2, 0.25) is 5.36 Å². The van der Waals surface area contributed by atoms with Crippen molar-refractivity contribution in [2.24, 2.45) is 0 Å². The molecule has 1 heterocycles. The van der Waals surface area contributed by atoms with Gasteiger partial charge in [0, 0.05) is 45.1 Å². The molecule has 0 aromatic heterocycles. The fourth-order valence-corrected chi connectivity index (χ4v) is 4.22. The maximum absolute atomic E-state index is 13.9. The number of methoxy groups -OCH3 is 2. The number of nitrogens with zero attached hydrogens (tertiary/aromatic N) is 3. The van der Waals surface area contributed by atoms with Crippen LogP contribution >= 0.6 is 11.3 Å². The third-order valence-corrected chi connectivity index (χ3v) is 5.85. The molecule has 1 aliphatic heterocycles. The normalized spacial score (nSPS) is 11.6. The van der Waals surface area contributed by atoms with Crippen molar-refractivity contribution in [3.8, 4) is 10.6 Å². The zero-order chi connectivity index (χ0) is 21.9. The largest absolute Gasteiger partial charge is 1.00 e. The van der Waals surface area contributed by atoms with Crippen LogP contribution in [-0.4, -0.2) is 59.6 Å². The summed E-state index contributed by atoms with van der Waals surface area (Å²) < 4.78 is 54.5. The second-order valence-corrected chi connectivity index (χ2v) is 8.15. The Morgan fingerprint density at radius 1 is 1.03 bits per heavy atom. The second kappa shape index (κ2) is 10.9. The standard InChI is InChI=1S/C21H25F3N3O2S.HI/c1-26(2)14-5-6-17-18(12-14)30-19-13-15(27(7-9-28-3)8-10-29-4)11-16(20(19)25-17)21(22,23)24;/h5-6,11-13H,7-10H2,1-4H3;1H/q+1;/p-1. The van der Waals surface area contributed by atoms with E-state index in [1.54, 1.807) is 26.4 Å². The molecule has 5 nitrogen and oxygen atoms in total. The number of benzene rings is 2. The molecule has 170 valence electrons. The van der Waals surface area contributed by atoms with Gasteiger partial charge >= 0.3 is 6.18 Å². The molecule has 0 amide bonds. The van der Waals surface area contributed by atoms with E-state index >= 15 is 0 Å². The Kier molecular flexibility index (Phi) is 9.04. The van der Waals surface area contributed by atoms with Gasteiger partial charge in [-0.15, -0.1) is 11.3 Å². The topological polar surface area (TPSA) is 37.6 Å². The molecule has 0 bridgehead atoms. The summed E-state index contributed by atoms with van der Waals surface area (Å²) in [5, 5.41) is 0.967. The van der Waals surface area contributed by atoms with E-state index in [1.807, 2.05) is 35.7 Å². The zero-order valence-electron chi connectivity index (χ0n) is 17.8. The van der Waals surface area contributed by atoms with Gasteiger partial charge in [0.15, 0.2) is 0 Å². The summed E-state index contributed by atoms with van der Waals surface area (Å²) in [6.45, 7) is 1.71. The summed E-state index contributed by atoms with van der Waals surface area (Å²) in [6, 6.07) is 8.51. The molecule has 2 aliphatic rings. The van der Waals surface area contributed by atoms with E-state index < -0.39 is 11.7 Å². The quantitative estimate of drug-likeness (QED) is 0.238. The monoisotopic (exact) mass is 567 g/mol. The minimum Gasteiger partial charge on any atom is -1.00 e. The van der Waals surface area contributed by atoms with Crippen molar-refractivity contribution in [3.63, 3.8) is 0 Å². The highest BCUT2D eigenvalue weighted by molar-refractivity contribution is 7.21. The smallest absolute Gasteiger partial charge is 0.418 e. The Balaban J connectivity index is 0.00000341. The van der Waals surface area contributed by atoms with Gasteiger partial charge in [-0.1, -0.05) is 0 Å². The van der Waals surface area contributed by atoms with Crippen molar-refractivity contribution in [3.05, 3.63) is 41.3 Å². The Bertz CT molecular complexity index is 1060. The van der Waals surface area contributed by atoms with Gasteiger partial charge in [0.1, 0.15) is 14.1 Å². The first-order valence-corrected chi connectivity index (χ1v) is 10.2. The molecular weight excluding hydrogens is 542 g/mol. The van der Waals surface area contributed by atoms with E-state index in [1.165, 1.54) is 17.4 Å². The third-order valence-electron chi connectivity index (χ3n) is 4.77.